The maximum Gasteiger partial charge on any atom is 0.113 e. The molecule has 5 nitrogen and oxygen atoms in total. The molecule has 1 aliphatic heterocycles. The molecule has 92 valence electrons. The molecule has 1 saturated heterocycles. The van der Waals surface area contributed by atoms with Gasteiger partial charge in [-0.2, -0.15) is 10.4 Å². The Balaban J connectivity index is 2.24. The first-order chi connectivity index (χ1) is 8.09. The molecule has 1 aromatic heterocycles. The first-order valence-corrected chi connectivity index (χ1v) is 5.80. The molecule has 1 aliphatic rings. The summed E-state index contributed by atoms with van der Waals surface area (Å²) in [5, 5.41) is 23.7. The molecule has 17 heavy (non-hydrogen) atoms. The summed E-state index contributed by atoms with van der Waals surface area (Å²) in [5.41, 5.74) is -0.129. The van der Waals surface area contributed by atoms with Crippen molar-refractivity contribution >= 4 is 0 Å². The Morgan fingerprint density at radius 3 is 2.88 bits per heavy atom. The molecule has 0 amide bonds. The summed E-state index contributed by atoms with van der Waals surface area (Å²) in [4.78, 5) is 0. The molecule has 2 heterocycles. The summed E-state index contributed by atoms with van der Waals surface area (Å²) in [7, 11) is 0. The van der Waals surface area contributed by atoms with Crippen molar-refractivity contribution in [3.8, 4) is 6.07 Å². The highest BCUT2D eigenvalue weighted by molar-refractivity contribution is 5.19. The van der Waals surface area contributed by atoms with Crippen LogP contribution in [0.5, 0.6) is 0 Å². The lowest BCUT2D eigenvalue weighted by Crippen LogP contribution is -2.27. The van der Waals surface area contributed by atoms with Crippen molar-refractivity contribution in [1.29, 1.82) is 5.26 Å². The zero-order valence-corrected chi connectivity index (χ0v) is 10.1. The van der Waals surface area contributed by atoms with Gasteiger partial charge in [0.05, 0.1) is 18.9 Å². The summed E-state index contributed by atoms with van der Waals surface area (Å²) in [6, 6.07) is 2.45. The molecule has 1 N–H and O–H groups in total. The van der Waals surface area contributed by atoms with Crippen LogP contribution < -0.4 is 0 Å². The highest BCUT2D eigenvalue weighted by Crippen LogP contribution is 2.40. The third kappa shape index (κ3) is 2.06. The molecule has 2 atom stereocenters. The summed E-state index contributed by atoms with van der Waals surface area (Å²) in [5.74, 6) is 0. The van der Waals surface area contributed by atoms with Crippen molar-refractivity contribution in [2.75, 3.05) is 13.2 Å². The van der Waals surface area contributed by atoms with Crippen LogP contribution in [-0.2, 0) is 4.74 Å². The minimum Gasteiger partial charge on any atom is -0.387 e. The van der Waals surface area contributed by atoms with Crippen LogP contribution in [0.3, 0.4) is 0 Å². The standard InChI is InChI=1S/C12H17N3O2/c1-9(2)15-6-10(5-14-15)11(16)12(7-13)3-4-17-8-12/h5-6,9,11,16H,3-4,8H2,1-2H3. The summed E-state index contributed by atoms with van der Waals surface area (Å²) in [6.45, 7) is 4.85. The van der Waals surface area contributed by atoms with Gasteiger partial charge in [0.25, 0.3) is 0 Å². The third-order valence-electron chi connectivity index (χ3n) is 3.26. The minimum absolute atomic E-state index is 0.244. The van der Waals surface area contributed by atoms with Gasteiger partial charge in [-0.3, -0.25) is 4.68 Å². The topological polar surface area (TPSA) is 71.1 Å². The number of nitriles is 1. The molecule has 0 saturated carbocycles. The van der Waals surface area contributed by atoms with Crippen molar-refractivity contribution in [2.45, 2.75) is 32.4 Å². The average molecular weight is 235 g/mol. The summed E-state index contributed by atoms with van der Waals surface area (Å²) < 4.78 is 7.02. The molecule has 0 aliphatic carbocycles. The SMILES string of the molecule is CC(C)n1cc(C(O)C2(C#N)CCOC2)cn1. The van der Waals surface area contributed by atoms with Gasteiger partial charge in [-0.05, 0) is 20.3 Å². The lowest BCUT2D eigenvalue weighted by Gasteiger charge is -2.24. The maximum absolute atomic E-state index is 10.3. The summed E-state index contributed by atoms with van der Waals surface area (Å²) >= 11 is 0. The highest BCUT2D eigenvalue weighted by Gasteiger charge is 2.43. The Labute approximate surface area is 101 Å². The van der Waals surface area contributed by atoms with E-state index in [0.717, 1.165) is 0 Å². The van der Waals surface area contributed by atoms with E-state index in [1.165, 1.54) is 0 Å². The lowest BCUT2D eigenvalue weighted by molar-refractivity contribution is 0.0503. The first-order valence-electron chi connectivity index (χ1n) is 5.80. The van der Waals surface area contributed by atoms with Crippen LogP contribution in [0.15, 0.2) is 12.4 Å². The van der Waals surface area contributed by atoms with Crippen molar-refractivity contribution in [2.24, 2.45) is 5.41 Å². The van der Waals surface area contributed by atoms with Crippen LogP contribution in [0.4, 0.5) is 0 Å². The Hall–Kier alpha value is -1.38. The quantitative estimate of drug-likeness (QED) is 0.860. The van der Waals surface area contributed by atoms with E-state index in [4.69, 9.17) is 4.74 Å². The van der Waals surface area contributed by atoms with E-state index in [1.54, 1.807) is 17.1 Å². The van der Waals surface area contributed by atoms with Crippen LogP contribution >= 0.6 is 0 Å². The van der Waals surface area contributed by atoms with E-state index in [2.05, 4.69) is 11.2 Å². The fraction of sp³-hybridized carbons (Fsp3) is 0.667. The normalized spacial score (nSPS) is 26.1. The predicted molar refractivity (Wildman–Crippen MR) is 61.1 cm³/mol. The van der Waals surface area contributed by atoms with Crippen molar-refractivity contribution < 1.29 is 9.84 Å². The van der Waals surface area contributed by atoms with Gasteiger partial charge in [-0.25, -0.2) is 0 Å². The molecule has 0 bridgehead atoms. The molecule has 0 spiro atoms. The van der Waals surface area contributed by atoms with E-state index >= 15 is 0 Å². The molecular formula is C12H17N3O2. The van der Waals surface area contributed by atoms with Gasteiger partial charge < -0.3 is 9.84 Å². The monoisotopic (exact) mass is 235 g/mol. The molecule has 1 aromatic rings. The fourth-order valence-electron chi connectivity index (χ4n) is 2.04. The smallest absolute Gasteiger partial charge is 0.113 e. The predicted octanol–water partition coefficient (Wildman–Crippen LogP) is 1.43. The average Bonchev–Trinajstić information content (AvgIpc) is 2.98. The van der Waals surface area contributed by atoms with E-state index in [1.807, 2.05) is 13.8 Å². The maximum atomic E-state index is 10.3. The molecule has 2 rings (SSSR count). The Morgan fingerprint density at radius 1 is 1.65 bits per heavy atom. The van der Waals surface area contributed by atoms with Gasteiger partial charge in [-0.1, -0.05) is 0 Å². The molecule has 0 radical (unpaired) electrons. The first kappa shape index (κ1) is 12.1. The Kier molecular flexibility index (Phi) is 3.18. The highest BCUT2D eigenvalue weighted by atomic mass is 16.5. The van der Waals surface area contributed by atoms with Crippen LogP contribution in [-0.4, -0.2) is 28.1 Å². The van der Waals surface area contributed by atoms with Crippen LogP contribution in [0.25, 0.3) is 0 Å². The number of rotatable bonds is 3. The molecule has 0 aromatic carbocycles. The molecule has 5 heteroatoms. The molecule has 1 fully saturated rings. The van der Waals surface area contributed by atoms with Crippen molar-refractivity contribution in [3.63, 3.8) is 0 Å². The lowest BCUT2D eigenvalue weighted by atomic mass is 9.80. The van der Waals surface area contributed by atoms with Gasteiger partial charge in [0.1, 0.15) is 11.5 Å². The second-order valence-electron chi connectivity index (χ2n) is 4.82. The number of hydrogen-bond acceptors (Lipinski definition) is 4. The van der Waals surface area contributed by atoms with Crippen LogP contribution in [0.1, 0.15) is 38.0 Å². The van der Waals surface area contributed by atoms with Gasteiger partial charge in [0.15, 0.2) is 0 Å². The third-order valence-corrected chi connectivity index (χ3v) is 3.26. The van der Waals surface area contributed by atoms with E-state index < -0.39 is 11.5 Å². The van der Waals surface area contributed by atoms with Gasteiger partial charge in [0, 0.05) is 24.4 Å². The van der Waals surface area contributed by atoms with E-state index in [0.29, 0.717) is 18.6 Å². The number of aliphatic hydroxyl groups is 1. The van der Waals surface area contributed by atoms with Crippen LogP contribution in [0.2, 0.25) is 0 Å². The molecular weight excluding hydrogens is 218 g/mol. The van der Waals surface area contributed by atoms with Crippen molar-refractivity contribution in [3.05, 3.63) is 18.0 Å². The fourth-order valence-corrected chi connectivity index (χ4v) is 2.04. The van der Waals surface area contributed by atoms with Crippen LogP contribution in [0, 0.1) is 16.7 Å². The van der Waals surface area contributed by atoms with Crippen molar-refractivity contribution in [1.82, 2.24) is 9.78 Å². The number of ether oxygens (including phenoxy) is 1. The van der Waals surface area contributed by atoms with Gasteiger partial charge >= 0.3 is 0 Å². The largest absolute Gasteiger partial charge is 0.387 e. The molecule has 2 unspecified atom stereocenters. The van der Waals surface area contributed by atoms with E-state index in [-0.39, 0.29) is 12.6 Å². The second kappa shape index (κ2) is 4.47. The minimum atomic E-state index is -0.831. The number of hydrogen-bond donors (Lipinski definition) is 1. The zero-order chi connectivity index (χ0) is 12.5. The van der Waals surface area contributed by atoms with Gasteiger partial charge in [0.2, 0.25) is 0 Å². The van der Waals surface area contributed by atoms with E-state index in [9.17, 15) is 10.4 Å². The second-order valence-corrected chi connectivity index (χ2v) is 4.82. The number of aliphatic hydroxyl groups excluding tert-OH is 1. The summed E-state index contributed by atoms with van der Waals surface area (Å²) in [6.07, 6.45) is 3.16. The Morgan fingerprint density at radius 2 is 2.41 bits per heavy atom. The number of aromatic nitrogens is 2. The Bertz CT molecular complexity index is 427. The van der Waals surface area contributed by atoms with Gasteiger partial charge in [-0.15, -0.1) is 0 Å². The zero-order valence-electron chi connectivity index (χ0n) is 10.1. The number of nitrogens with zero attached hydrogens (tertiary/aromatic N) is 3.